The summed E-state index contributed by atoms with van der Waals surface area (Å²) in [7, 11) is 0. The fourth-order valence-corrected chi connectivity index (χ4v) is 3.22. The Balaban J connectivity index is 1.72. The molecule has 0 radical (unpaired) electrons. The van der Waals surface area contributed by atoms with Crippen LogP contribution >= 0.6 is 15.9 Å². The average Bonchev–Trinajstić information content (AvgIpc) is 2.65. The highest BCUT2D eigenvalue weighted by Gasteiger charge is 2.09. The van der Waals surface area contributed by atoms with Gasteiger partial charge in [0.1, 0.15) is 0 Å². The van der Waals surface area contributed by atoms with Gasteiger partial charge >= 0.3 is 0 Å². The maximum Gasteiger partial charge on any atom is 0.226 e. The van der Waals surface area contributed by atoms with Crippen LogP contribution in [0.2, 0.25) is 0 Å². The van der Waals surface area contributed by atoms with Gasteiger partial charge in [-0.1, -0.05) is 15.9 Å². The molecule has 0 spiro atoms. The van der Waals surface area contributed by atoms with E-state index in [1.165, 1.54) is 0 Å². The van der Waals surface area contributed by atoms with Gasteiger partial charge in [-0.2, -0.15) is 0 Å². The molecule has 0 aromatic heterocycles. The van der Waals surface area contributed by atoms with Crippen molar-refractivity contribution in [1.29, 1.82) is 0 Å². The van der Waals surface area contributed by atoms with E-state index in [4.69, 9.17) is 4.74 Å². The number of aliphatic imine (C=N–C) groups is 1. The molecule has 1 aromatic rings. The molecular weight excluding hydrogens is 410 g/mol. The summed E-state index contributed by atoms with van der Waals surface area (Å²) in [6.07, 6.45) is 0.378. The lowest BCUT2D eigenvalue weighted by Gasteiger charge is -2.25. The van der Waals surface area contributed by atoms with Crippen molar-refractivity contribution in [1.82, 2.24) is 15.5 Å². The first-order chi connectivity index (χ1) is 13.1. The zero-order chi connectivity index (χ0) is 19.5. The SMILES string of the molecule is CCNC(=NCCN1CCOCC1)NCCC(=O)Nc1ccc(Br)cc1C. The van der Waals surface area contributed by atoms with Crippen LogP contribution in [0, 0.1) is 6.92 Å². The molecule has 1 fully saturated rings. The molecule has 0 saturated carbocycles. The highest BCUT2D eigenvalue weighted by molar-refractivity contribution is 9.10. The van der Waals surface area contributed by atoms with Crippen LogP contribution in [0.4, 0.5) is 5.69 Å². The molecular formula is C19H30BrN5O2. The minimum atomic E-state index is -0.0166. The maximum absolute atomic E-state index is 12.2. The van der Waals surface area contributed by atoms with Gasteiger partial charge in [0.2, 0.25) is 5.91 Å². The van der Waals surface area contributed by atoms with Crippen LogP contribution in [-0.2, 0) is 9.53 Å². The third-order valence-corrected chi connectivity index (χ3v) is 4.73. The second-order valence-electron chi connectivity index (χ2n) is 6.40. The molecule has 1 aromatic carbocycles. The molecule has 27 heavy (non-hydrogen) atoms. The van der Waals surface area contributed by atoms with E-state index in [9.17, 15) is 4.79 Å². The van der Waals surface area contributed by atoms with Crippen molar-refractivity contribution in [2.75, 3.05) is 57.8 Å². The standard InChI is InChI=1S/C19H30BrN5O2/c1-3-21-19(23-8-9-25-10-12-27-13-11-25)22-7-6-18(26)24-17-5-4-16(20)14-15(17)2/h4-5,14H,3,6-13H2,1-2H3,(H,24,26)(H2,21,22,23). The molecule has 3 N–H and O–H groups in total. The van der Waals surface area contributed by atoms with E-state index in [2.05, 4.69) is 41.8 Å². The van der Waals surface area contributed by atoms with E-state index in [-0.39, 0.29) is 5.91 Å². The largest absolute Gasteiger partial charge is 0.379 e. The van der Waals surface area contributed by atoms with E-state index in [0.717, 1.165) is 67.6 Å². The third kappa shape index (κ3) is 8.28. The zero-order valence-corrected chi connectivity index (χ0v) is 17.8. The number of carbonyl (C=O) groups excluding carboxylic acids is 1. The van der Waals surface area contributed by atoms with Crippen molar-refractivity contribution >= 4 is 33.5 Å². The fraction of sp³-hybridized carbons (Fsp3) is 0.579. The molecule has 1 aliphatic heterocycles. The number of nitrogens with one attached hydrogen (secondary N) is 3. The number of guanidine groups is 1. The summed E-state index contributed by atoms with van der Waals surface area (Å²) >= 11 is 3.43. The Bertz CT molecular complexity index is 633. The summed E-state index contributed by atoms with van der Waals surface area (Å²) in [5, 5.41) is 9.39. The number of anilines is 1. The smallest absolute Gasteiger partial charge is 0.226 e. The topological polar surface area (TPSA) is 78.0 Å². The van der Waals surface area contributed by atoms with Gasteiger partial charge in [-0.05, 0) is 37.6 Å². The van der Waals surface area contributed by atoms with E-state index in [1.54, 1.807) is 0 Å². The Hall–Kier alpha value is -1.64. The van der Waals surface area contributed by atoms with Crippen molar-refractivity contribution in [3.05, 3.63) is 28.2 Å². The Morgan fingerprint density at radius 3 is 2.78 bits per heavy atom. The fourth-order valence-electron chi connectivity index (χ4n) is 2.74. The molecule has 1 saturated heterocycles. The molecule has 2 rings (SSSR count). The van der Waals surface area contributed by atoms with Crippen LogP contribution in [-0.4, -0.2) is 69.2 Å². The third-order valence-electron chi connectivity index (χ3n) is 4.24. The quantitative estimate of drug-likeness (QED) is 0.426. The van der Waals surface area contributed by atoms with E-state index in [1.807, 2.05) is 32.0 Å². The number of carbonyl (C=O) groups is 1. The normalized spacial score (nSPS) is 15.4. The Kier molecular flexibility index (Phi) is 9.58. The number of halogens is 1. The summed E-state index contributed by atoms with van der Waals surface area (Å²) < 4.78 is 6.36. The van der Waals surface area contributed by atoms with Gasteiger partial charge in [-0.25, -0.2) is 0 Å². The van der Waals surface area contributed by atoms with Crippen molar-refractivity contribution < 1.29 is 9.53 Å². The van der Waals surface area contributed by atoms with Gasteiger partial charge in [0.25, 0.3) is 0 Å². The Morgan fingerprint density at radius 2 is 2.07 bits per heavy atom. The number of hydrogen-bond acceptors (Lipinski definition) is 4. The summed E-state index contributed by atoms with van der Waals surface area (Å²) in [4.78, 5) is 19.1. The Labute approximate surface area is 170 Å². The van der Waals surface area contributed by atoms with Gasteiger partial charge < -0.3 is 20.7 Å². The van der Waals surface area contributed by atoms with E-state index < -0.39 is 0 Å². The minimum Gasteiger partial charge on any atom is -0.379 e. The van der Waals surface area contributed by atoms with Crippen molar-refractivity contribution in [3.63, 3.8) is 0 Å². The van der Waals surface area contributed by atoms with E-state index >= 15 is 0 Å². The molecule has 1 amide bonds. The Morgan fingerprint density at radius 1 is 1.30 bits per heavy atom. The lowest BCUT2D eigenvalue weighted by molar-refractivity contribution is -0.116. The number of morpholine rings is 1. The van der Waals surface area contributed by atoms with Crippen LogP contribution < -0.4 is 16.0 Å². The summed E-state index contributed by atoms with van der Waals surface area (Å²) in [5.74, 6) is 0.732. The van der Waals surface area contributed by atoms with Gasteiger partial charge in [0.05, 0.1) is 19.8 Å². The molecule has 0 atom stereocenters. The van der Waals surface area contributed by atoms with Crippen LogP contribution in [0.25, 0.3) is 0 Å². The second kappa shape index (κ2) is 11.9. The van der Waals surface area contributed by atoms with Crippen molar-refractivity contribution in [2.45, 2.75) is 20.3 Å². The number of amides is 1. The number of nitrogens with zero attached hydrogens (tertiary/aromatic N) is 2. The predicted octanol–water partition coefficient (Wildman–Crippen LogP) is 1.97. The number of ether oxygens (including phenoxy) is 1. The predicted molar refractivity (Wildman–Crippen MR) is 113 cm³/mol. The van der Waals surface area contributed by atoms with Gasteiger partial charge in [-0.3, -0.25) is 14.7 Å². The number of benzene rings is 1. The number of rotatable bonds is 8. The van der Waals surface area contributed by atoms with Gasteiger partial charge in [0, 0.05) is 49.3 Å². The first-order valence-electron chi connectivity index (χ1n) is 9.46. The molecule has 0 aliphatic carbocycles. The minimum absolute atomic E-state index is 0.0166. The molecule has 1 heterocycles. The molecule has 7 nitrogen and oxygen atoms in total. The second-order valence-corrected chi connectivity index (χ2v) is 7.31. The van der Waals surface area contributed by atoms with Crippen molar-refractivity contribution in [2.24, 2.45) is 4.99 Å². The first-order valence-corrected chi connectivity index (χ1v) is 10.3. The van der Waals surface area contributed by atoms with Crippen molar-refractivity contribution in [3.8, 4) is 0 Å². The first kappa shape index (κ1) is 21.7. The molecule has 150 valence electrons. The molecule has 0 bridgehead atoms. The lowest BCUT2D eigenvalue weighted by Crippen LogP contribution is -2.40. The van der Waals surface area contributed by atoms with E-state index in [0.29, 0.717) is 13.0 Å². The summed E-state index contributed by atoms with van der Waals surface area (Å²) in [6.45, 7) is 10.5. The molecule has 8 heteroatoms. The molecule has 0 unspecified atom stereocenters. The maximum atomic E-state index is 12.2. The van der Waals surface area contributed by atoms with Crippen LogP contribution in [0.5, 0.6) is 0 Å². The summed E-state index contributed by atoms with van der Waals surface area (Å²) in [5.41, 5.74) is 1.87. The highest BCUT2D eigenvalue weighted by atomic mass is 79.9. The number of hydrogen-bond donors (Lipinski definition) is 3. The lowest BCUT2D eigenvalue weighted by atomic mass is 10.2. The van der Waals surface area contributed by atoms with Crippen LogP contribution in [0.1, 0.15) is 18.9 Å². The average molecular weight is 440 g/mol. The zero-order valence-electron chi connectivity index (χ0n) is 16.2. The van der Waals surface area contributed by atoms with Crippen LogP contribution in [0.15, 0.2) is 27.7 Å². The monoisotopic (exact) mass is 439 g/mol. The highest BCUT2D eigenvalue weighted by Crippen LogP contribution is 2.20. The van der Waals surface area contributed by atoms with Gasteiger partial charge in [-0.15, -0.1) is 0 Å². The number of aryl methyl sites for hydroxylation is 1. The van der Waals surface area contributed by atoms with Crippen LogP contribution in [0.3, 0.4) is 0 Å². The van der Waals surface area contributed by atoms with Gasteiger partial charge in [0.15, 0.2) is 5.96 Å². The summed E-state index contributed by atoms with van der Waals surface area (Å²) in [6, 6.07) is 5.81. The molecule has 1 aliphatic rings.